The van der Waals surface area contributed by atoms with E-state index in [1.165, 1.54) is 24.1 Å². The summed E-state index contributed by atoms with van der Waals surface area (Å²) in [7, 11) is 0. The summed E-state index contributed by atoms with van der Waals surface area (Å²) in [5.41, 5.74) is 5.64. The Balaban J connectivity index is 1.19. The second kappa shape index (κ2) is 8.89. The van der Waals surface area contributed by atoms with Gasteiger partial charge in [0, 0.05) is 47.7 Å². The van der Waals surface area contributed by atoms with Gasteiger partial charge in [-0.1, -0.05) is 12.1 Å². The van der Waals surface area contributed by atoms with Crippen molar-refractivity contribution in [3.8, 4) is 22.8 Å². The van der Waals surface area contributed by atoms with Crippen LogP contribution in [0.2, 0.25) is 0 Å². The van der Waals surface area contributed by atoms with Crippen molar-refractivity contribution in [2.24, 2.45) is 0 Å². The zero-order valence-electron chi connectivity index (χ0n) is 19.3. The molecule has 1 aliphatic heterocycles. The van der Waals surface area contributed by atoms with E-state index in [2.05, 4.69) is 28.8 Å². The maximum Gasteiger partial charge on any atom is 0.258 e. The molecule has 0 radical (unpaired) electrons. The number of carbonyl (C=O) groups is 1. The van der Waals surface area contributed by atoms with Gasteiger partial charge in [-0.15, -0.1) is 0 Å². The number of pyridine rings is 1. The molecule has 0 unspecified atom stereocenters. The van der Waals surface area contributed by atoms with Crippen molar-refractivity contribution in [1.82, 2.24) is 20.1 Å². The number of rotatable bonds is 7. The van der Waals surface area contributed by atoms with Crippen LogP contribution < -0.4 is 14.8 Å². The van der Waals surface area contributed by atoms with Crippen molar-refractivity contribution < 1.29 is 14.3 Å². The topological polar surface area (TPSA) is 78.3 Å². The third-order valence-electron chi connectivity index (χ3n) is 6.27. The molecular weight excluding hydrogens is 416 g/mol. The Kier molecular flexibility index (Phi) is 5.79. The molecule has 7 nitrogen and oxygen atoms in total. The number of benzene rings is 1. The lowest BCUT2D eigenvalue weighted by atomic mass is 9.94. The van der Waals surface area contributed by atoms with Gasteiger partial charge in [-0.2, -0.15) is 5.10 Å². The number of carbonyl (C=O) groups excluding carboxylic acids is 1. The molecule has 0 saturated carbocycles. The summed E-state index contributed by atoms with van der Waals surface area (Å²) >= 11 is 0. The number of nitrogens with zero attached hydrogens (tertiary/aromatic N) is 3. The largest absolute Gasteiger partial charge is 0.483 e. The van der Waals surface area contributed by atoms with Crippen LogP contribution in [0.1, 0.15) is 43.5 Å². The Morgan fingerprint density at radius 2 is 2.00 bits per heavy atom. The molecule has 3 heterocycles. The smallest absolute Gasteiger partial charge is 0.258 e. The van der Waals surface area contributed by atoms with Crippen molar-refractivity contribution >= 4 is 5.91 Å². The number of amides is 1. The lowest BCUT2D eigenvalue weighted by Gasteiger charge is -2.18. The van der Waals surface area contributed by atoms with Crippen LogP contribution in [0.4, 0.5) is 0 Å². The summed E-state index contributed by atoms with van der Waals surface area (Å²) in [6.45, 7) is 5.20. The van der Waals surface area contributed by atoms with Crippen molar-refractivity contribution in [3.05, 3.63) is 59.5 Å². The predicted octanol–water partition coefficient (Wildman–Crippen LogP) is 3.73. The predicted molar refractivity (Wildman–Crippen MR) is 125 cm³/mol. The number of hydrogen-bond donors (Lipinski definition) is 1. The summed E-state index contributed by atoms with van der Waals surface area (Å²) < 4.78 is 13.9. The summed E-state index contributed by atoms with van der Waals surface area (Å²) in [6, 6.07) is 9.85. The molecule has 172 valence electrons. The van der Waals surface area contributed by atoms with Crippen LogP contribution in [0.5, 0.6) is 11.5 Å². The zero-order chi connectivity index (χ0) is 22.8. The second-order valence-corrected chi connectivity index (χ2v) is 9.36. The average molecular weight is 447 g/mol. The summed E-state index contributed by atoms with van der Waals surface area (Å²) in [6.07, 6.45) is 8.88. The minimum absolute atomic E-state index is 0.0419. The molecule has 2 aromatic heterocycles. The van der Waals surface area contributed by atoms with E-state index in [1.54, 1.807) is 12.4 Å². The van der Waals surface area contributed by atoms with E-state index in [0.717, 1.165) is 41.8 Å². The van der Waals surface area contributed by atoms with Crippen molar-refractivity contribution in [2.45, 2.75) is 58.1 Å². The van der Waals surface area contributed by atoms with Crippen LogP contribution in [-0.4, -0.2) is 39.4 Å². The summed E-state index contributed by atoms with van der Waals surface area (Å²) in [5, 5.41) is 7.86. The van der Waals surface area contributed by atoms with Gasteiger partial charge in [-0.05, 0) is 57.7 Å². The first-order valence-electron chi connectivity index (χ1n) is 11.7. The molecule has 2 aliphatic rings. The van der Waals surface area contributed by atoms with Gasteiger partial charge >= 0.3 is 0 Å². The van der Waals surface area contributed by atoms with Gasteiger partial charge < -0.3 is 14.8 Å². The number of para-hydroxylation sites is 1. The minimum Gasteiger partial charge on any atom is -0.483 e. The van der Waals surface area contributed by atoms with Gasteiger partial charge in [0.15, 0.2) is 18.1 Å². The first kappa shape index (κ1) is 21.5. The van der Waals surface area contributed by atoms with Gasteiger partial charge in [0.2, 0.25) is 0 Å². The SMILES string of the molecule is CC1(C)Cc2cccc(OCC(=O)NCCn3nc(-c4ccncc4)c4c3CCCC4)c2O1. The second-order valence-electron chi connectivity index (χ2n) is 9.36. The molecular formula is C26H30N4O3. The Labute approximate surface area is 194 Å². The third-order valence-corrected chi connectivity index (χ3v) is 6.27. The molecule has 1 amide bonds. The molecule has 1 aliphatic carbocycles. The number of aromatic nitrogens is 3. The molecule has 0 atom stereocenters. The fraction of sp³-hybridized carbons (Fsp3) is 0.423. The molecule has 0 fully saturated rings. The first-order valence-corrected chi connectivity index (χ1v) is 11.7. The summed E-state index contributed by atoms with van der Waals surface area (Å²) in [5.74, 6) is 1.22. The normalized spacial score (nSPS) is 15.9. The number of nitrogens with one attached hydrogen (secondary N) is 1. The van der Waals surface area contributed by atoms with E-state index >= 15 is 0 Å². The molecule has 7 heteroatoms. The van der Waals surface area contributed by atoms with Crippen LogP contribution in [0.15, 0.2) is 42.7 Å². The molecule has 1 N–H and O–H groups in total. The quantitative estimate of drug-likeness (QED) is 0.598. The third kappa shape index (κ3) is 4.58. The Morgan fingerprint density at radius 1 is 1.18 bits per heavy atom. The average Bonchev–Trinajstić information content (AvgIpc) is 3.34. The Bertz CT molecular complexity index is 1150. The molecule has 1 aromatic carbocycles. The monoisotopic (exact) mass is 446 g/mol. The fourth-order valence-corrected chi connectivity index (χ4v) is 4.79. The highest BCUT2D eigenvalue weighted by Crippen LogP contribution is 2.41. The first-order chi connectivity index (χ1) is 16.0. The van der Waals surface area contributed by atoms with Crippen molar-refractivity contribution in [2.75, 3.05) is 13.2 Å². The highest BCUT2D eigenvalue weighted by atomic mass is 16.5. The van der Waals surface area contributed by atoms with E-state index in [0.29, 0.717) is 18.8 Å². The number of hydrogen-bond acceptors (Lipinski definition) is 5. The van der Waals surface area contributed by atoms with Gasteiger partial charge in [0.05, 0.1) is 12.2 Å². The van der Waals surface area contributed by atoms with Crippen LogP contribution in [-0.2, 0) is 30.6 Å². The van der Waals surface area contributed by atoms with E-state index < -0.39 is 0 Å². The van der Waals surface area contributed by atoms with Gasteiger partial charge in [-0.3, -0.25) is 14.5 Å². The van der Waals surface area contributed by atoms with Crippen LogP contribution in [0.3, 0.4) is 0 Å². The van der Waals surface area contributed by atoms with Crippen molar-refractivity contribution in [3.63, 3.8) is 0 Å². The van der Waals surface area contributed by atoms with E-state index in [4.69, 9.17) is 14.6 Å². The maximum absolute atomic E-state index is 12.4. The van der Waals surface area contributed by atoms with Crippen molar-refractivity contribution in [1.29, 1.82) is 0 Å². The molecule has 0 bridgehead atoms. The lowest BCUT2D eigenvalue weighted by Crippen LogP contribution is -2.32. The molecule has 0 spiro atoms. The maximum atomic E-state index is 12.4. The zero-order valence-corrected chi connectivity index (χ0v) is 19.3. The highest BCUT2D eigenvalue weighted by Gasteiger charge is 2.32. The lowest BCUT2D eigenvalue weighted by molar-refractivity contribution is -0.123. The summed E-state index contributed by atoms with van der Waals surface area (Å²) in [4.78, 5) is 16.6. The number of fused-ring (bicyclic) bond motifs is 2. The van der Waals surface area contributed by atoms with Crippen LogP contribution in [0, 0.1) is 0 Å². The van der Waals surface area contributed by atoms with Gasteiger partial charge in [0.25, 0.3) is 5.91 Å². The van der Waals surface area contributed by atoms with Crippen LogP contribution >= 0.6 is 0 Å². The van der Waals surface area contributed by atoms with E-state index in [1.807, 2.05) is 30.3 Å². The molecule has 33 heavy (non-hydrogen) atoms. The number of ether oxygens (including phenoxy) is 2. The molecule has 0 saturated heterocycles. The van der Waals surface area contributed by atoms with Gasteiger partial charge in [0.1, 0.15) is 5.60 Å². The Hall–Kier alpha value is -3.35. The molecule has 5 rings (SSSR count). The standard InChI is InChI=1S/C26H30N4O3/c1-26(2)16-19-6-5-9-22(25(19)33-26)32-17-23(31)28-14-15-30-21-8-4-3-7-20(21)24(29-30)18-10-12-27-13-11-18/h5-6,9-13H,3-4,7-8,14-17H2,1-2H3,(H,28,31). The van der Waals surface area contributed by atoms with Crippen LogP contribution in [0.25, 0.3) is 11.3 Å². The van der Waals surface area contributed by atoms with E-state index in [9.17, 15) is 4.79 Å². The fourth-order valence-electron chi connectivity index (χ4n) is 4.79. The Morgan fingerprint density at radius 3 is 2.85 bits per heavy atom. The minimum atomic E-state index is -0.248. The highest BCUT2D eigenvalue weighted by molar-refractivity contribution is 5.77. The van der Waals surface area contributed by atoms with Gasteiger partial charge in [-0.25, -0.2) is 0 Å². The molecule has 3 aromatic rings. The van der Waals surface area contributed by atoms with E-state index in [-0.39, 0.29) is 18.1 Å².